The molecule has 6 heteroatoms. The van der Waals surface area contributed by atoms with E-state index in [2.05, 4.69) is 15.9 Å². The average molecular weight is 398 g/mol. The first-order valence-electron chi connectivity index (χ1n) is 5.56. The van der Waals surface area contributed by atoms with Gasteiger partial charge in [0, 0.05) is 16.1 Å². The van der Waals surface area contributed by atoms with Crippen molar-refractivity contribution in [3.05, 3.63) is 62.3 Å². The van der Waals surface area contributed by atoms with Crippen molar-refractivity contribution in [2.45, 2.75) is 4.83 Å². The monoisotopic (exact) mass is 396 g/mol. The van der Waals surface area contributed by atoms with Crippen LogP contribution in [0.1, 0.15) is 16.0 Å². The lowest BCUT2D eigenvalue weighted by atomic mass is 10.0. The third-order valence-corrected chi connectivity index (χ3v) is 4.72. The van der Waals surface area contributed by atoms with Crippen LogP contribution in [0.15, 0.2) is 30.3 Å². The van der Waals surface area contributed by atoms with Crippen molar-refractivity contribution in [3.63, 3.8) is 0 Å². The fourth-order valence-corrected chi connectivity index (χ4v) is 3.60. The number of methoxy groups -OCH3 is 1. The molecule has 0 heterocycles. The number of halogens is 5. The summed E-state index contributed by atoms with van der Waals surface area (Å²) in [5.74, 6) is 0.0997. The highest BCUT2D eigenvalue weighted by atomic mass is 79.9. The number of benzene rings is 2. The van der Waals surface area contributed by atoms with Gasteiger partial charge in [0.2, 0.25) is 0 Å². The third kappa shape index (κ3) is 3.22. The van der Waals surface area contributed by atoms with Crippen LogP contribution in [0.5, 0.6) is 5.75 Å². The summed E-state index contributed by atoms with van der Waals surface area (Å²) in [6.07, 6.45) is 0. The molecular formula is C14H9BrCl3FO. The summed E-state index contributed by atoms with van der Waals surface area (Å²) in [4.78, 5) is -0.300. The first-order chi connectivity index (χ1) is 9.43. The molecule has 0 aliphatic carbocycles. The molecule has 0 fully saturated rings. The van der Waals surface area contributed by atoms with E-state index in [0.717, 1.165) is 5.56 Å². The Bertz CT molecular complexity index is 649. The molecule has 0 saturated carbocycles. The van der Waals surface area contributed by atoms with Gasteiger partial charge in [0.15, 0.2) is 0 Å². The van der Waals surface area contributed by atoms with Crippen LogP contribution in [0.3, 0.4) is 0 Å². The van der Waals surface area contributed by atoms with Crippen molar-refractivity contribution >= 4 is 50.7 Å². The van der Waals surface area contributed by atoms with Crippen LogP contribution in [0, 0.1) is 5.82 Å². The van der Waals surface area contributed by atoms with Gasteiger partial charge in [0.1, 0.15) is 11.6 Å². The van der Waals surface area contributed by atoms with E-state index < -0.39 is 5.82 Å². The average Bonchev–Trinajstić information content (AvgIpc) is 2.40. The Morgan fingerprint density at radius 3 is 2.25 bits per heavy atom. The molecule has 0 radical (unpaired) electrons. The van der Waals surface area contributed by atoms with E-state index in [9.17, 15) is 4.39 Å². The summed E-state index contributed by atoms with van der Waals surface area (Å²) < 4.78 is 18.2. The summed E-state index contributed by atoms with van der Waals surface area (Å²) in [5, 5.41) is 1.23. The second kappa shape index (κ2) is 6.52. The molecule has 0 aliphatic rings. The van der Waals surface area contributed by atoms with Gasteiger partial charge in [-0.25, -0.2) is 4.39 Å². The highest BCUT2D eigenvalue weighted by Gasteiger charge is 2.19. The second-order valence-corrected chi connectivity index (χ2v) is 6.17. The fourth-order valence-electron chi connectivity index (χ4n) is 1.77. The lowest BCUT2D eigenvalue weighted by molar-refractivity contribution is 0.415. The molecule has 1 atom stereocenters. The number of hydrogen-bond donors (Lipinski definition) is 0. The lowest BCUT2D eigenvalue weighted by Crippen LogP contribution is -1.97. The minimum atomic E-state index is -0.391. The first-order valence-corrected chi connectivity index (χ1v) is 7.61. The van der Waals surface area contributed by atoms with E-state index in [-0.39, 0.29) is 4.83 Å². The van der Waals surface area contributed by atoms with Gasteiger partial charge in [0.05, 0.1) is 17.0 Å². The molecule has 0 spiro atoms. The van der Waals surface area contributed by atoms with Crippen LogP contribution in [0.4, 0.5) is 4.39 Å². The van der Waals surface area contributed by atoms with Crippen molar-refractivity contribution in [2.24, 2.45) is 0 Å². The lowest BCUT2D eigenvalue weighted by Gasteiger charge is -2.16. The van der Waals surface area contributed by atoms with Crippen molar-refractivity contribution in [2.75, 3.05) is 7.11 Å². The Morgan fingerprint density at radius 2 is 1.65 bits per heavy atom. The zero-order chi connectivity index (χ0) is 14.9. The van der Waals surface area contributed by atoms with E-state index in [4.69, 9.17) is 39.5 Å². The van der Waals surface area contributed by atoms with Crippen molar-refractivity contribution in [3.8, 4) is 5.75 Å². The Morgan fingerprint density at radius 1 is 1.00 bits per heavy atom. The topological polar surface area (TPSA) is 9.23 Å². The predicted octanol–water partition coefficient (Wildman–Crippen LogP) is 6.28. The van der Waals surface area contributed by atoms with E-state index in [0.29, 0.717) is 26.4 Å². The molecule has 0 bridgehead atoms. The Kier molecular flexibility index (Phi) is 5.19. The molecule has 2 aromatic rings. The maximum atomic E-state index is 13.1. The van der Waals surface area contributed by atoms with E-state index in [1.165, 1.54) is 19.2 Å². The standard InChI is InChI=1S/C14H9BrCl3FO/c1-20-13-6-11(17)9(5-12(13)18)14(15)8-3-2-7(19)4-10(8)16/h2-6,14H,1H3. The SMILES string of the molecule is COc1cc(Cl)c(C(Br)c2ccc(F)cc2Cl)cc1Cl. The third-order valence-electron chi connectivity index (χ3n) is 2.78. The fraction of sp³-hybridized carbons (Fsp3) is 0.143. The van der Waals surface area contributed by atoms with E-state index >= 15 is 0 Å². The number of rotatable bonds is 3. The van der Waals surface area contributed by atoms with Gasteiger partial charge in [-0.1, -0.05) is 56.8 Å². The maximum Gasteiger partial charge on any atom is 0.138 e. The van der Waals surface area contributed by atoms with E-state index in [1.807, 2.05) is 0 Å². The Hall–Kier alpha value is -0.480. The van der Waals surface area contributed by atoms with Crippen LogP contribution in [-0.2, 0) is 0 Å². The van der Waals surface area contributed by atoms with Crippen molar-refractivity contribution < 1.29 is 9.13 Å². The number of alkyl halides is 1. The summed E-state index contributed by atoms with van der Waals surface area (Å²) in [5.41, 5.74) is 1.43. The maximum absolute atomic E-state index is 13.1. The zero-order valence-electron chi connectivity index (χ0n) is 10.3. The summed E-state index contributed by atoms with van der Waals surface area (Å²) in [6.45, 7) is 0. The van der Waals surface area contributed by atoms with Gasteiger partial charge < -0.3 is 4.74 Å². The number of hydrogen-bond acceptors (Lipinski definition) is 1. The molecule has 20 heavy (non-hydrogen) atoms. The summed E-state index contributed by atoms with van der Waals surface area (Å²) in [6, 6.07) is 7.52. The van der Waals surface area contributed by atoms with Gasteiger partial charge in [0.25, 0.3) is 0 Å². The minimum absolute atomic E-state index is 0.300. The molecule has 0 aliphatic heterocycles. The molecule has 0 aromatic heterocycles. The van der Waals surface area contributed by atoms with Crippen molar-refractivity contribution in [1.82, 2.24) is 0 Å². The van der Waals surface area contributed by atoms with Gasteiger partial charge in [-0.15, -0.1) is 0 Å². The molecule has 0 saturated heterocycles. The van der Waals surface area contributed by atoms with Gasteiger partial charge in [-0.2, -0.15) is 0 Å². The first kappa shape index (κ1) is 15.9. The second-order valence-electron chi connectivity index (χ2n) is 4.04. The molecular weight excluding hydrogens is 389 g/mol. The summed E-state index contributed by atoms with van der Waals surface area (Å²) in [7, 11) is 1.51. The predicted molar refractivity (Wildman–Crippen MR) is 85.2 cm³/mol. The van der Waals surface area contributed by atoms with Gasteiger partial charge >= 0.3 is 0 Å². The van der Waals surface area contributed by atoms with Crippen LogP contribution >= 0.6 is 50.7 Å². The molecule has 2 rings (SSSR count). The molecule has 0 N–H and O–H groups in total. The zero-order valence-corrected chi connectivity index (χ0v) is 14.1. The highest BCUT2D eigenvalue weighted by molar-refractivity contribution is 9.09. The molecule has 106 valence electrons. The summed E-state index contributed by atoms with van der Waals surface area (Å²) >= 11 is 21.9. The Balaban J connectivity index is 2.48. The van der Waals surface area contributed by atoms with Gasteiger partial charge in [-0.3, -0.25) is 0 Å². The molecule has 1 unspecified atom stereocenters. The minimum Gasteiger partial charge on any atom is -0.495 e. The normalized spacial score (nSPS) is 12.3. The van der Waals surface area contributed by atoms with Crippen LogP contribution in [-0.4, -0.2) is 7.11 Å². The number of ether oxygens (including phenoxy) is 1. The quantitative estimate of drug-likeness (QED) is 0.553. The molecule has 1 nitrogen and oxygen atoms in total. The largest absolute Gasteiger partial charge is 0.495 e. The van der Waals surface area contributed by atoms with Crippen molar-refractivity contribution in [1.29, 1.82) is 0 Å². The molecule has 0 amide bonds. The van der Waals surface area contributed by atoms with Crippen LogP contribution in [0.25, 0.3) is 0 Å². The Labute approximate surface area is 139 Å². The van der Waals surface area contributed by atoms with Crippen LogP contribution in [0.2, 0.25) is 15.1 Å². The van der Waals surface area contributed by atoms with E-state index in [1.54, 1.807) is 18.2 Å². The van der Waals surface area contributed by atoms with Crippen LogP contribution < -0.4 is 4.74 Å². The highest BCUT2D eigenvalue weighted by Crippen LogP contribution is 2.42. The van der Waals surface area contributed by atoms with Gasteiger partial charge in [-0.05, 0) is 29.3 Å². The molecule has 2 aromatic carbocycles. The smallest absolute Gasteiger partial charge is 0.138 e.